The minimum Gasteiger partial charge on any atom is -0.481 e. The Morgan fingerprint density at radius 1 is 1.53 bits per heavy atom. The second-order valence-electron chi connectivity index (χ2n) is 3.76. The summed E-state index contributed by atoms with van der Waals surface area (Å²) in [6.45, 7) is 3.68. The normalized spacial score (nSPS) is 10.6. The van der Waals surface area contributed by atoms with Crippen LogP contribution in [0.1, 0.15) is 17.0 Å². The first-order valence-corrected chi connectivity index (χ1v) is 5.68. The molecule has 0 spiro atoms. The van der Waals surface area contributed by atoms with Gasteiger partial charge in [0.05, 0.1) is 19.0 Å². The van der Waals surface area contributed by atoms with Crippen molar-refractivity contribution in [3.05, 3.63) is 54.0 Å². The van der Waals surface area contributed by atoms with Crippen molar-refractivity contribution in [2.75, 3.05) is 7.11 Å². The third-order valence-electron chi connectivity index (χ3n) is 2.47. The molecule has 0 aliphatic rings. The van der Waals surface area contributed by atoms with Gasteiger partial charge in [-0.1, -0.05) is 18.7 Å². The van der Waals surface area contributed by atoms with E-state index in [1.807, 2.05) is 12.3 Å². The summed E-state index contributed by atoms with van der Waals surface area (Å²) in [6.07, 6.45) is 5.14. The molecule has 2 aromatic heterocycles. The van der Waals surface area contributed by atoms with Crippen LogP contribution in [-0.2, 0) is 0 Å². The van der Waals surface area contributed by atoms with E-state index in [4.69, 9.17) is 10.1 Å². The predicted octanol–water partition coefficient (Wildman–Crippen LogP) is 2.51. The molecule has 0 aromatic carbocycles. The molecule has 2 rings (SSSR count). The zero-order chi connectivity index (χ0) is 13.7. The van der Waals surface area contributed by atoms with Crippen molar-refractivity contribution < 1.29 is 4.74 Å². The number of methoxy groups -OCH3 is 1. The van der Waals surface area contributed by atoms with Gasteiger partial charge in [-0.25, -0.2) is 9.98 Å². The van der Waals surface area contributed by atoms with Crippen molar-refractivity contribution >= 4 is 18.1 Å². The first-order valence-electron chi connectivity index (χ1n) is 5.68. The molecule has 2 N–H and O–H groups in total. The summed E-state index contributed by atoms with van der Waals surface area (Å²) in [7, 11) is 1.54. The summed E-state index contributed by atoms with van der Waals surface area (Å²) in [6, 6.07) is 7.10. The maximum atomic E-state index is 7.85. The SMILES string of the molecule is C=Cc1c[nH]c(C=NC(=N)c2cccc(OC)n2)c1. The maximum Gasteiger partial charge on any atom is 0.213 e. The Balaban J connectivity index is 2.13. The molecule has 0 bridgehead atoms. The lowest BCUT2D eigenvalue weighted by molar-refractivity contribution is 0.397. The highest BCUT2D eigenvalue weighted by atomic mass is 16.5. The summed E-state index contributed by atoms with van der Waals surface area (Å²) in [5.74, 6) is 0.542. The number of aromatic nitrogens is 2. The molecule has 2 heterocycles. The number of amidine groups is 1. The van der Waals surface area contributed by atoms with E-state index in [2.05, 4.69) is 21.5 Å². The van der Waals surface area contributed by atoms with Gasteiger partial charge in [0.1, 0.15) is 5.69 Å². The summed E-state index contributed by atoms with van der Waals surface area (Å²) in [4.78, 5) is 11.2. The monoisotopic (exact) mass is 254 g/mol. The predicted molar refractivity (Wildman–Crippen MR) is 76.1 cm³/mol. The highest BCUT2D eigenvalue weighted by molar-refractivity contribution is 6.01. The average molecular weight is 254 g/mol. The summed E-state index contributed by atoms with van der Waals surface area (Å²) < 4.78 is 5.01. The Morgan fingerprint density at radius 3 is 3.05 bits per heavy atom. The molecule has 96 valence electrons. The average Bonchev–Trinajstić information content (AvgIpc) is 2.93. The molecule has 0 aliphatic heterocycles. The van der Waals surface area contributed by atoms with Gasteiger partial charge >= 0.3 is 0 Å². The fraction of sp³-hybridized carbons (Fsp3) is 0.0714. The van der Waals surface area contributed by atoms with Crippen LogP contribution in [0.3, 0.4) is 0 Å². The van der Waals surface area contributed by atoms with Gasteiger partial charge in [-0.3, -0.25) is 5.41 Å². The van der Waals surface area contributed by atoms with E-state index in [0.717, 1.165) is 11.3 Å². The number of ether oxygens (including phenoxy) is 1. The Labute approximate surface area is 111 Å². The topological polar surface area (TPSA) is 74.1 Å². The van der Waals surface area contributed by atoms with Crippen molar-refractivity contribution in [1.29, 1.82) is 5.41 Å². The van der Waals surface area contributed by atoms with Crippen molar-refractivity contribution in [3.8, 4) is 5.88 Å². The smallest absolute Gasteiger partial charge is 0.213 e. The second-order valence-corrected chi connectivity index (χ2v) is 3.76. The van der Waals surface area contributed by atoms with E-state index in [1.54, 1.807) is 30.5 Å². The molecule has 0 amide bonds. The van der Waals surface area contributed by atoms with Crippen LogP contribution < -0.4 is 4.74 Å². The molecule has 2 aromatic rings. The fourth-order valence-corrected chi connectivity index (χ4v) is 1.48. The van der Waals surface area contributed by atoms with E-state index >= 15 is 0 Å². The van der Waals surface area contributed by atoms with Crippen molar-refractivity contribution in [1.82, 2.24) is 9.97 Å². The number of rotatable bonds is 4. The van der Waals surface area contributed by atoms with Crippen LogP contribution in [-0.4, -0.2) is 29.1 Å². The Kier molecular flexibility index (Phi) is 3.87. The van der Waals surface area contributed by atoms with Gasteiger partial charge in [-0.2, -0.15) is 0 Å². The lowest BCUT2D eigenvalue weighted by Crippen LogP contribution is -2.00. The molecule has 0 unspecified atom stereocenters. The van der Waals surface area contributed by atoms with Crippen molar-refractivity contribution in [2.45, 2.75) is 0 Å². The summed E-state index contributed by atoms with van der Waals surface area (Å²) >= 11 is 0. The van der Waals surface area contributed by atoms with Gasteiger partial charge < -0.3 is 9.72 Å². The number of nitrogens with one attached hydrogen (secondary N) is 2. The standard InChI is InChI=1S/C14H14N4O/c1-3-10-7-11(16-8-10)9-17-14(15)12-5-4-6-13(18-12)19-2/h3-9,15-16H,1H2,2H3. The largest absolute Gasteiger partial charge is 0.481 e. The Morgan fingerprint density at radius 2 is 2.37 bits per heavy atom. The molecule has 5 nitrogen and oxygen atoms in total. The maximum absolute atomic E-state index is 7.85. The van der Waals surface area contributed by atoms with E-state index in [1.165, 1.54) is 7.11 Å². The highest BCUT2D eigenvalue weighted by Crippen LogP contribution is 2.08. The van der Waals surface area contributed by atoms with E-state index < -0.39 is 0 Å². The van der Waals surface area contributed by atoms with Crippen LogP contribution in [0.2, 0.25) is 0 Å². The van der Waals surface area contributed by atoms with Gasteiger partial charge in [0, 0.05) is 12.3 Å². The minimum absolute atomic E-state index is 0.0775. The second kappa shape index (κ2) is 5.77. The fourth-order valence-electron chi connectivity index (χ4n) is 1.48. The number of hydrogen-bond donors (Lipinski definition) is 2. The van der Waals surface area contributed by atoms with Crippen LogP contribution in [0.4, 0.5) is 0 Å². The first kappa shape index (κ1) is 12.8. The number of pyridine rings is 1. The van der Waals surface area contributed by atoms with Crippen LogP contribution in [0.5, 0.6) is 5.88 Å². The summed E-state index contributed by atoms with van der Waals surface area (Å²) in [5, 5.41) is 7.85. The van der Waals surface area contributed by atoms with Crippen molar-refractivity contribution in [2.24, 2.45) is 4.99 Å². The highest BCUT2D eigenvalue weighted by Gasteiger charge is 2.02. The van der Waals surface area contributed by atoms with Crippen LogP contribution in [0.15, 0.2) is 42.0 Å². The lowest BCUT2D eigenvalue weighted by Gasteiger charge is -2.00. The number of aromatic amines is 1. The van der Waals surface area contributed by atoms with Gasteiger partial charge in [-0.15, -0.1) is 0 Å². The quantitative estimate of drug-likeness (QED) is 0.649. The molecule has 5 heteroatoms. The Hall–Kier alpha value is -2.69. The molecule has 0 saturated carbocycles. The van der Waals surface area contributed by atoms with E-state index in [9.17, 15) is 0 Å². The minimum atomic E-state index is 0.0775. The lowest BCUT2D eigenvalue weighted by atomic mass is 10.3. The molecule has 0 aliphatic carbocycles. The zero-order valence-corrected chi connectivity index (χ0v) is 10.6. The van der Waals surface area contributed by atoms with Gasteiger partial charge in [-0.05, 0) is 17.7 Å². The first-order chi connectivity index (χ1) is 9.22. The van der Waals surface area contributed by atoms with Crippen LogP contribution in [0, 0.1) is 5.41 Å². The number of nitrogens with zero attached hydrogens (tertiary/aromatic N) is 2. The van der Waals surface area contributed by atoms with Crippen LogP contribution in [0.25, 0.3) is 6.08 Å². The molecule has 0 fully saturated rings. The number of hydrogen-bond acceptors (Lipinski definition) is 3. The van der Waals surface area contributed by atoms with Crippen LogP contribution >= 0.6 is 0 Å². The molecular formula is C14H14N4O. The third-order valence-corrected chi connectivity index (χ3v) is 2.47. The van der Waals surface area contributed by atoms with Gasteiger partial charge in [0.25, 0.3) is 0 Å². The molecule has 0 radical (unpaired) electrons. The molecular weight excluding hydrogens is 240 g/mol. The van der Waals surface area contributed by atoms with Crippen molar-refractivity contribution in [3.63, 3.8) is 0 Å². The summed E-state index contributed by atoms with van der Waals surface area (Å²) in [5.41, 5.74) is 2.25. The van der Waals surface area contributed by atoms with E-state index in [0.29, 0.717) is 11.6 Å². The van der Waals surface area contributed by atoms with Gasteiger partial charge in [0.2, 0.25) is 5.88 Å². The third kappa shape index (κ3) is 3.16. The zero-order valence-electron chi connectivity index (χ0n) is 10.6. The molecule has 19 heavy (non-hydrogen) atoms. The number of H-pyrrole nitrogens is 1. The molecule has 0 saturated heterocycles. The van der Waals surface area contributed by atoms with E-state index in [-0.39, 0.29) is 5.84 Å². The van der Waals surface area contributed by atoms with Gasteiger partial charge in [0.15, 0.2) is 5.84 Å². The Bertz CT molecular complexity index is 628. The number of aliphatic imine (C=N–C) groups is 1. The molecule has 0 atom stereocenters.